The van der Waals surface area contributed by atoms with Crippen LogP contribution in [-0.2, 0) is 17.4 Å². The van der Waals surface area contributed by atoms with Gasteiger partial charge < -0.3 is 5.11 Å². The molecule has 2 heterocycles. The van der Waals surface area contributed by atoms with Crippen molar-refractivity contribution in [1.82, 2.24) is 9.78 Å². The molecule has 1 unspecified atom stereocenters. The number of alkyl halides is 3. The molecule has 0 radical (unpaired) electrons. The zero-order chi connectivity index (χ0) is 24.7. The van der Waals surface area contributed by atoms with Gasteiger partial charge in [-0.3, -0.25) is 4.79 Å². The number of hydrogen-bond acceptors (Lipinski definition) is 4. The maximum Gasteiger partial charge on any atom is 0.416 e. The van der Waals surface area contributed by atoms with Gasteiger partial charge in [0.2, 0.25) is 0 Å². The number of carboxylic acids is 1. The van der Waals surface area contributed by atoms with Crippen LogP contribution in [-0.4, -0.2) is 20.9 Å². The summed E-state index contributed by atoms with van der Waals surface area (Å²) in [5.41, 5.74) is 2.51. The highest BCUT2D eigenvalue weighted by Gasteiger charge is 2.30. The van der Waals surface area contributed by atoms with Crippen LogP contribution in [0.4, 0.5) is 13.2 Å². The summed E-state index contributed by atoms with van der Waals surface area (Å²) in [6.45, 7) is 2.09. The smallest absolute Gasteiger partial charge is 0.416 e. The Morgan fingerprint density at radius 2 is 1.91 bits per heavy atom. The van der Waals surface area contributed by atoms with E-state index < -0.39 is 17.7 Å². The zero-order valence-electron chi connectivity index (χ0n) is 18.4. The molecule has 0 amide bonds. The van der Waals surface area contributed by atoms with Crippen molar-refractivity contribution in [2.45, 2.75) is 29.7 Å². The minimum atomic E-state index is -4.38. The number of carboxylic acid groups (broad SMARTS) is 1. The average molecular weight is 513 g/mol. The fraction of sp³-hybridized carbons (Fsp3) is 0.154. The number of rotatable bonds is 6. The third-order valence-electron chi connectivity index (χ3n) is 5.75. The Bertz CT molecular complexity index is 1540. The van der Waals surface area contributed by atoms with Crippen LogP contribution in [0.1, 0.15) is 28.9 Å². The molecule has 5 aromatic rings. The van der Waals surface area contributed by atoms with Gasteiger partial charge in [-0.25, -0.2) is 4.68 Å². The van der Waals surface area contributed by atoms with Crippen molar-refractivity contribution in [3.8, 4) is 5.69 Å². The van der Waals surface area contributed by atoms with Gasteiger partial charge >= 0.3 is 12.1 Å². The number of halogens is 3. The lowest BCUT2D eigenvalue weighted by atomic mass is 10.1. The molecule has 35 heavy (non-hydrogen) atoms. The summed E-state index contributed by atoms with van der Waals surface area (Å²) in [7, 11) is 0. The van der Waals surface area contributed by atoms with Crippen molar-refractivity contribution in [3.63, 3.8) is 0 Å². The van der Waals surface area contributed by atoms with Gasteiger partial charge in [0.15, 0.2) is 0 Å². The second kappa shape index (κ2) is 9.05. The van der Waals surface area contributed by atoms with Crippen LogP contribution in [0.2, 0.25) is 0 Å². The molecule has 0 saturated carbocycles. The van der Waals surface area contributed by atoms with Crippen molar-refractivity contribution in [2.75, 3.05) is 0 Å². The van der Waals surface area contributed by atoms with Crippen molar-refractivity contribution >= 4 is 50.1 Å². The highest BCUT2D eigenvalue weighted by molar-refractivity contribution is 7.99. The van der Waals surface area contributed by atoms with E-state index in [9.17, 15) is 18.0 Å². The number of thioether (sulfide) groups is 1. The summed E-state index contributed by atoms with van der Waals surface area (Å²) < 4.78 is 41.3. The predicted octanol–water partition coefficient (Wildman–Crippen LogP) is 7.74. The topological polar surface area (TPSA) is 55.1 Å². The number of fused-ring (bicyclic) bond motifs is 2. The van der Waals surface area contributed by atoms with Gasteiger partial charge in [-0.2, -0.15) is 18.3 Å². The molecule has 4 nitrogen and oxygen atoms in total. The molecule has 2 aromatic heterocycles. The van der Waals surface area contributed by atoms with Gasteiger partial charge in [0.05, 0.1) is 23.2 Å². The molecule has 1 N–H and O–H groups in total. The second-order valence-corrected chi connectivity index (χ2v) is 10.5. The van der Waals surface area contributed by atoms with E-state index >= 15 is 0 Å². The van der Waals surface area contributed by atoms with Crippen LogP contribution in [0.25, 0.3) is 26.7 Å². The fourth-order valence-corrected chi connectivity index (χ4v) is 6.17. The Hall–Kier alpha value is -3.30. The molecule has 0 aliphatic heterocycles. The first kappa shape index (κ1) is 23.4. The number of aromatic nitrogens is 2. The number of hydrogen-bond donors (Lipinski definition) is 1. The summed E-state index contributed by atoms with van der Waals surface area (Å²) in [6, 6.07) is 16.9. The molecule has 0 spiro atoms. The zero-order valence-corrected chi connectivity index (χ0v) is 20.0. The minimum Gasteiger partial charge on any atom is -0.481 e. The van der Waals surface area contributed by atoms with Gasteiger partial charge in [-0.15, -0.1) is 23.1 Å². The Kier molecular flexibility index (Phi) is 6.06. The third kappa shape index (κ3) is 4.78. The third-order valence-corrected chi connectivity index (χ3v) is 7.87. The highest BCUT2D eigenvalue weighted by atomic mass is 32.2. The molecule has 1 atom stereocenters. The van der Waals surface area contributed by atoms with E-state index in [0.717, 1.165) is 49.1 Å². The van der Waals surface area contributed by atoms with Crippen LogP contribution in [0.15, 0.2) is 77.1 Å². The number of thiophene rings is 1. The highest BCUT2D eigenvalue weighted by Crippen LogP contribution is 2.40. The molecule has 0 aliphatic rings. The Morgan fingerprint density at radius 1 is 1.14 bits per heavy atom. The van der Waals surface area contributed by atoms with Gasteiger partial charge in [0.1, 0.15) is 0 Å². The van der Waals surface area contributed by atoms with Crippen molar-refractivity contribution < 1.29 is 23.1 Å². The van der Waals surface area contributed by atoms with Crippen LogP contribution < -0.4 is 0 Å². The lowest BCUT2D eigenvalue weighted by molar-refractivity contribution is -0.138. The van der Waals surface area contributed by atoms with E-state index in [1.807, 2.05) is 41.9 Å². The fourth-order valence-electron chi connectivity index (χ4n) is 4.04. The summed E-state index contributed by atoms with van der Waals surface area (Å²) in [5.74, 6) is -0.847. The van der Waals surface area contributed by atoms with Crippen molar-refractivity contribution in [1.29, 1.82) is 0 Å². The quantitative estimate of drug-likeness (QED) is 0.237. The van der Waals surface area contributed by atoms with Crippen LogP contribution in [0.5, 0.6) is 0 Å². The van der Waals surface area contributed by atoms with E-state index in [0.29, 0.717) is 5.69 Å². The molecule has 3 aromatic carbocycles. The Morgan fingerprint density at radius 3 is 2.63 bits per heavy atom. The summed E-state index contributed by atoms with van der Waals surface area (Å²) >= 11 is 3.21. The van der Waals surface area contributed by atoms with E-state index in [4.69, 9.17) is 5.11 Å². The maximum absolute atomic E-state index is 12.9. The Balaban J connectivity index is 1.42. The SMILES string of the molecule is CC(Sc1ccc2c(CC(=O)O)csc2c1)c1cccc2cn(-c3ccc(C(F)(F)F)cc3)nc12. The van der Waals surface area contributed by atoms with Crippen molar-refractivity contribution in [2.24, 2.45) is 0 Å². The first-order valence-corrected chi connectivity index (χ1v) is 12.5. The van der Waals surface area contributed by atoms with E-state index in [2.05, 4.69) is 18.1 Å². The van der Waals surface area contributed by atoms with Gasteiger partial charge in [0.25, 0.3) is 0 Å². The molecule has 9 heteroatoms. The van der Waals surface area contributed by atoms with Crippen molar-refractivity contribution in [3.05, 3.63) is 88.9 Å². The summed E-state index contributed by atoms with van der Waals surface area (Å²) in [5, 5.41) is 17.6. The molecular formula is C26H19F3N2O2S2. The van der Waals surface area contributed by atoms with Crippen LogP contribution >= 0.6 is 23.1 Å². The molecule has 0 fully saturated rings. The normalized spacial score (nSPS) is 12.9. The predicted molar refractivity (Wildman–Crippen MR) is 134 cm³/mol. The average Bonchev–Trinajstić information content (AvgIpc) is 3.42. The largest absolute Gasteiger partial charge is 0.481 e. The monoisotopic (exact) mass is 512 g/mol. The Labute approximate surface area is 207 Å². The molecular weight excluding hydrogens is 493 g/mol. The van der Waals surface area contributed by atoms with Gasteiger partial charge in [-0.05, 0) is 65.2 Å². The molecule has 0 saturated heterocycles. The molecule has 5 rings (SSSR count). The summed E-state index contributed by atoms with van der Waals surface area (Å²) in [6.07, 6.45) is -2.55. The lowest BCUT2D eigenvalue weighted by Crippen LogP contribution is -2.05. The van der Waals surface area contributed by atoms with E-state index in [1.165, 1.54) is 23.5 Å². The van der Waals surface area contributed by atoms with E-state index in [-0.39, 0.29) is 11.7 Å². The second-order valence-electron chi connectivity index (χ2n) is 8.15. The molecule has 0 aliphatic carbocycles. The standard InChI is InChI=1S/C26H19F3N2O2S2/c1-15(35-20-9-10-22-17(11-24(32)33)14-34-23(22)12-20)21-4-2-3-16-13-31(30-25(16)21)19-7-5-18(6-8-19)26(27,28)29/h2-10,12-15H,11H2,1H3,(H,32,33). The number of nitrogens with zero attached hydrogens (tertiary/aromatic N) is 2. The molecule has 178 valence electrons. The van der Waals surface area contributed by atoms with Gasteiger partial charge in [-0.1, -0.05) is 24.3 Å². The maximum atomic E-state index is 12.9. The van der Waals surface area contributed by atoms with Crippen LogP contribution in [0, 0.1) is 0 Å². The molecule has 0 bridgehead atoms. The first-order chi connectivity index (χ1) is 16.7. The minimum absolute atomic E-state index is 0.00643. The number of benzene rings is 3. The first-order valence-electron chi connectivity index (χ1n) is 10.7. The van der Waals surface area contributed by atoms with Crippen LogP contribution in [0.3, 0.4) is 0 Å². The van der Waals surface area contributed by atoms with Gasteiger partial charge in [0, 0.05) is 26.4 Å². The number of carbonyl (C=O) groups is 1. The number of aliphatic carboxylic acids is 1. The van der Waals surface area contributed by atoms with E-state index in [1.54, 1.807) is 16.4 Å². The summed E-state index contributed by atoms with van der Waals surface area (Å²) in [4.78, 5) is 12.1. The lowest BCUT2D eigenvalue weighted by Gasteiger charge is -2.12.